The van der Waals surface area contributed by atoms with Gasteiger partial charge in [0, 0.05) is 30.4 Å². The lowest BCUT2D eigenvalue weighted by Crippen LogP contribution is -2.29. The van der Waals surface area contributed by atoms with Gasteiger partial charge in [0.05, 0.1) is 17.2 Å². The minimum atomic E-state index is -0.552. The summed E-state index contributed by atoms with van der Waals surface area (Å²) in [6.45, 7) is 3.12. The van der Waals surface area contributed by atoms with E-state index in [1.807, 2.05) is 31.2 Å². The van der Waals surface area contributed by atoms with Gasteiger partial charge in [-0.15, -0.1) is 0 Å². The molecule has 0 aromatic heterocycles. The van der Waals surface area contributed by atoms with Crippen LogP contribution in [-0.2, 0) is 9.59 Å². The van der Waals surface area contributed by atoms with Crippen molar-refractivity contribution >= 4 is 34.8 Å². The van der Waals surface area contributed by atoms with E-state index in [0.717, 1.165) is 5.56 Å². The van der Waals surface area contributed by atoms with Crippen LogP contribution in [0.3, 0.4) is 0 Å². The first-order chi connectivity index (χ1) is 17.0. The number of rotatable bonds is 5. The number of benzene rings is 3. The van der Waals surface area contributed by atoms with E-state index < -0.39 is 5.92 Å². The van der Waals surface area contributed by atoms with Gasteiger partial charge in [-0.2, -0.15) is 0 Å². The van der Waals surface area contributed by atoms with E-state index >= 15 is 0 Å². The number of aryl methyl sites for hydroxylation is 1. The maximum Gasteiger partial charge on any atom is 0.257 e. The standard InChI is InChI=1S/C27H25N3O5/c1-17-5-4-6-19(13-17)28-27(33)21-7-2-3-8-22(21)29-26(32)18-14-25(31)30(16-18)20-9-10-23-24(15-20)35-12-11-34-23/h2-10,13,15,18H,11-12,14,16H2,1H3,(H,28,33)(H,29,32)/t18-/m0/s1. The van der Waals surface area contributed by atoms with Gasteiger partial charge in [0.25, 0.3) is 5.91 Å². The molecule has 0 saturated carbocycles. The Hall–Kier alpha value is -4.33. The molecule has 0 unspecified atom stereocenters. The molecule has 3 aromatic carbocycles. The van der Waals surface area contributed by atoms with Gasteiger partial charge >= 0.3 is 0 Å². The van der Waals surface area contributed by atoms with Gasteiger partial charge in [-0.05, 0) is 48.9 Å². The lowest BCUT2D eigenvalue weighted by Gasteiger charge is -2.22. The van der Waals surface area contributed by atoms with Gasteiger partial charge in [-0.1, -0.05) is 24.3 Å². The molecule has 3 aromatic rings. The van der Waals surface area contributed by atoms with Crippen LogP contribution < -0.4 is 25.0 Å². The molecule has 1 atom stereocenters. The molecule has 0 bridgehead atoms. The first kappa shape index (κ1) is 22.5. The van der Waals surface area contributed by atoms with Crippen LogP contribution in [0.25, 0.3) is 0 Å². The van der Waals surface area contributed by atoms with Crippen molar-refractivity contribution in [2.45, 2.75) is 13.3 Å². The fourth-order valence-corrected chi connectivity index (χ4v) is 4.28. The van der Waals surface area contributed by atoms with Crippen LogP contribution in [0.1, 0.15) is 22.3 Å². The van der Waals surface area contributed by atoms with Crippen molar-refractivity contribution in [3.8, 4) is 11.5 Å². The van der Waals surface area contributed by atoms with Crippen molar-refractivity contribution < 1.29 is 23.9 Å². The van der Waals surface area contributed by atoms with Crippen LogP contribution in [0, 0.1) is 12.8 Å². The van der Waals surface area contributed by atoms with Gasteiger partial charge in [-0.3, -0.25) is 14.4 Å². The van der Waals surface area contributed by atoms with E-state index in [0.29, 0.717) is 47.3 Å². The Bertz CT molecular complexity index is 1310. The van der Waals surface area contributed by atoms with Crippen molar-refractivity contribution in [3.05, 3.63) is 77.9 Å². The number of hydrogen-bond acceptors (Lipinski definition) is 5. The molecule has 3 amide bonds. The molecule has 178 valence electrons. The van der Waals surface area contributed by atoms with Gasteiger partial charge in [0.1, 0.15) is 13.2 Å². The van der Waals surface area contributed by atoms with Crippen LogP contribution in [0.2, 0.25) is 0 Å². The number of hydrogen-bond donors (Lipinski definition) is 2. The fourth-order valence-electron chi connectivity index (χ4n) is 4.28. The molecule has 1 fully saturated rings. The zero-order chi connectivity index (χ0) is 24.4. The smallest absolute Gasteiger partial charge is 0.257 e. The summed E-state index contributed by atoms with van der Waals surface area (Å²) in [5.41, 5.74) is 3.10. The summed E-state index contributed by atoms with van der Waals surface area (Å²) >= 11 is 0. The monoisotopic (exact) mass is 471 g/mol. The number of para-hydroxylation sites is 1. The Morgan fingerprint density at radius 2 is 1.71 bits per heavy atom. The Labute approximate surface area is 202 Å². The number of ether oxygens (including phenoxy) is 2. The molecule has 0 aliphatic carbocycles. The van der Waals surface area contributed by atoms with E-state index in [-0.39, 0.29) is 30.7 Å². The van der Waals surface area contributed by atoms with E-state index in [1.54, 1.807) is 47.4 Å². The molecule has 8 heteroatoms. The molecule has 5 rings (SSSR count). The molecule has 2 heterocycles. The van der Waals surface area contributed by atoms with Crippen molar-refractivity contribution in [1.82, 2.24) is 0 Å². The van der Waals surface area contributed by atoms with Crippen LogP contribution in [0.4, 0.5) is 17.1 Å². The predicted octanol–water partition coefficient (Wildman–Crippen LogP) is 4.01. The summed E-state index contributed by atoms with van der Waals surface area (Å²) in [4.78, 5) is 40.3. The third-order valence-corrected chi connectivity index (χ3v) is 6.04. The first-order valence-corrected chi connectivity index (χ1v) is 11.5. The van der Waals surface area contributed by atoms with E-state index in [2.05, 4.69) is 10.6 Å². The van der Waals surface area contributed by atoms with Crippen molar-refractivity contribution in [1.29, 1.82) is 0 Å². The van der Waals surface area contributed by atoms with E-state index in [1.165, 1.54) is 0 Å². The molecule has 2 aliphatic heterocycles. The highest BCUT2D eigenvalue weighted by Gasteiger charge is 2.36. The average Bonchev–Trinajstić information content (AvgIpc) is 3.26. The number of amides is 3. The van der Waals surface area contributed by atoms with Crippen LogP contribution >= 0.6 is 0 Å². The normalized spacial score (nSPS) is 16.7. The molecule has 1 saturated heterocycles. The summed E-state index contributed by atoms with van der Waals surface area (Å²) in [6, 6.07) is 19.6. The van der Waals surface area contributed by atoms with Crippen LogP contribution in [0.5, 0.6) is 11.5 Å². The number of nitrogens with zero attached hydrogens (tertiary/aromatic N) is 1. The van der Waals surface area contributed by atoms with Crippen molar-refractivity contribution in [2.24, 2.45) is 5.92 Å². The van der Waals surface area contributed by atoms with Crippen LogP contribution in [-0.4, -0.2) is 37.5 Å². The zero-order valence-electron chi connectivity index (χ0n) is 19.2. The van der Waals surface area contributed by atoms with Gasteiger partial charge in [0.15, 0.2) is 11.5 Å². The van der Waals surface area contributed by atoms with Crippen LogP contribution in [0.15, 0.2) is 66.7 Å². The van der Waals surface area contributed by atoms with Crippen molar-refractivity contribution in [2.75, 3.05) is 35.3 Å². The van der Waals surface area contributed by atoms with Gasteiger partial charge in [0.2, 0.25) is 11.8 Å². The molecular weight excluding hydrogens is 446 g/mol. The van der Waals surface area contributed by atoms with Gasteiger partial charge < -0.3 is 25.0 Å². The summed E-state index contributed by atoms with van der Waals surface area (Å²) < 4.78 is 11.2. The summed E-state index contributed by atoms with van der Waals surface area (Å²) in [5.74, 6) is -0.110. The number of fused-ring (bicyclic) bond motifs is 1. The third-order valence-electron chi connectivity index (χ3n) is 6.04. The third kappa shape index (κ3) is 4.82. The molecule has 35 heavy (non-hydrogen) atoms. The molecule has 0 spiro atoms. The summed E-state index contributed by atoms with van der Waals surface area (Å²) in [7, 11) is 0. The Balaban J connectivity index is 1.28. The van der Waals surface area contributed by atoms with Gasteiger partial charge in [-0.25, -0.2) is 0 Å². The molecular formula is C27H25N3O5. The highest BCUT2D eigenvalue weighted by Crippen LogP contribution is 2.36. The Kier molecular flexibility index (Phi) is 6.10. The lowest BCUT2D eigenvalue weighted by molar-refractivity contribution is -0.122. The second-order valence-corrected chi connectivity index (χ2v) is 8.59. The largest absolute Gasteiger partial charge is 0.486 e. The Morgan fingerprint density at radius 3 is 2.54 bits per heavy atom. The fraction of sp³-hybridized carbons (Fsp3) is 0.222. The maximum absolute atomic E-state index is 13.1. The second-order valence-electron chi connectivity index (χ2n) is 8.59. The molecule has 0 radical (unpaired) electrons. The van der Waals surface area contributed by atoms with E-state index in [9.17, 15) is 14.4 Å². The molecule has 8 nitrogen and oxygen atoms in total. The second kappa shape index (κ2) is 9.50. The number of carbonyl (C=O) groups excluding carboxylic acids is 3. The minimum absolute atomic E-state index is 0.0813. The lowest BCUT2D eigenvalue weighted by atomic mass is 10.1. The minimum Gasteiger partial charge on any atom is -0.486 e. The SMILES string of the molecule is Cc1cccc(NC(=O)c2ccccc2NC(=O)[C@H]2CC(=O)N(c3ccc4c(c3)OCCO4)C2)c1. The zero-order valence-corrected chi connectivity index (χ0v) is 19.2. The highest BCUT2D eigenvalue weighted by molar-refractivity contribution is 6.11. The number of anilines is 3. The molecule has 2 aliphatic rings. The average molecular weight is 472 g/mol. The quantitative estimate of drug-likeness (QED) is 0.586. The topological polar surface area (TPSA) is 97.0 Å². The predicted molar refractivity (Wildman–Crippen MR) is 132 cm³/mol. The number of carbonyl (C=O) groups is 3. The first-order valence-electron chi connectivity index (χ1n) is 11.5. The maximum atomic E-state index is 13.1. The summed E-state index contributed by atoms with van der Waals surface area (Å²) in [6.07, 6.45) is 0.0813. The van der Waals surface area contributed by atoms with Crippen molar-refractivity contribution in [3.63, 3.8) is 0 Å². The van der Waals surface area contributed by atoms with E-state index in [4.69, 9.17) is 9.47 Å². The molecule has 2 N–H and O–H groups in total. The number of nitrogens with one attached hydrogen (secondary N) is 2. The summed E-state index contributed by atoms with van der Waals surface area (Å²) in [5, 5.41) is 5.72. The highest BCUT2D eigenvalue weighted by atomic mass is 16.6. The Morgan fingerprint density at radius 1 is 0.914 bits per heavy atom.